The van der Waals surface area contributed by atoms with E-state index in [0.29, 0.717) is 17.3 Å². The second-order valence-corrected chi connectivity index (χ2v) is 10.6. The summed E-state index contributed by atoms with van der Waals surface area (Å²) in [5, 5.41) is 0. The Kier molecular flexibility index (Phi) is 5.09. The highest BCUT2D eigenvalue weighted by Gasteiger charge is 2.31. The topological polar surface area (TPSA) is 57.7 Å². The van der Waals surface area contributed by atoms with Crippen molar-refractivity contribution in [3.05, 3.63) is 46.8 Å². The highest BCUT2D eigenvalue weighted by molar-refractivity contribution is 7.91. The number of hydrogen-bond donors (Lipinski definition) is 0. The fraction of sp³-hybridized carbons (Fsp3) is 0.450. The van der Waals surface area contributed by atoms with Crippen LogP contribution in [-0.4, -0.2) is 37.8 Å². The predicted molar refractivity (Wildman–Crippen MR) is 108 cm³/mol. The highest BCUT2D eigenvalue weighted by Crippen LogP contribution is 2.33. The maximum absolute atomic E-state index is 12.9. The minimum absolute atomic E-state index is 0.0243. The van der Waals surface area contributed by atoms with Gasteiger partial charge in [0.25, 0.3) is 10.0 Å². The number of carbonyl (C=O) groups excluding carboxylic acids is 1. The summed E-state index contributed by atoms with van der Waals surface area (Å²) in [5.41, 5.74) is 2.17. The van der Waals surface area contributed by atoms with Gasteiger partial charge in [-0.2, -0.15) is 4.31 Å². The van der Waals surface area contributed by atoms with Crippen LogP contribution in [-0.2, 0) is 27.7 Å². The van der Waals surface area contributed by atoms with Crippen LogP contribution in [0, 0.1) is 0 Å². The average Bonchev–Trinajstić information content (AvgIpc) is 3.26. The van der Waals surface area contributed by atoms with Crippen molar-refractivity contribution in [1.82, 2.24) is 4.31 Å². The molecule has 0 radical (unpaired) electrons. The molecule has 5 nitrogen and oxygen atoms in total. The molecular formula is C20H24N2O3S2. The molecule has 1 saturated heterocycles. The minimum atomic E-state index is -3.43. The largest absolute Gasteiger partial charge is 0.309 e. The van der Waals surface area contributed by atoms with Crippen molar-refractivity contribution in [3.8, 4) is 0 Å². The molecule has 3 heterocycles. The molecule has 7 heteroatoms. The van der Waals surface area contributed by atoms with Gasteiger partial charge in [0, 0.05) is 29.7 Å². The number of amides is 1. The van der Waals surface area contributed by atoms with E-state index in [9.17, 15) is 13.2 Å². The summed E-state index contributed by atoms with van der Waals surface area (Å²) in [7, 11) is -3.43. The third kappa shape index (κ3) is 3.56. The third-order valence-corrected chi connectivity index (χ3v) is 8.80. The second kappa shape index (κ2) is 7.37. The van der Waals surface area contributed by atoms with Crippen molar-refractivity contribution >= 4 is 33.0 Å². The second-order valence-electron chi connectivity index (χ2n) is 7.31. The van der Waals surface area contributed by atoms with E-state index in [1.165, 1.54) is 16.9 Å². The van der Waals surface area contributed by atoms with Gasteiger partial charge < -0.3 is 4.90 Å². The molecule has 1 unspecified atom stereocenters. The number of fused-ring (bicyclic) bond motifs is 1. The zero-order valence-electron chi connectivity index (χ0n) is 15.4. The molecule has 1 aromatic heterocycles. The lowest BCUT2D eigenvalue weighted by Crippen LogP contribution is -2.36. The molecule has 0 bridgehead atoms. The summed E-state index contributed by atoms with van der Waals surface area (Å²) in [5.74, 6) is 0.0243. The molecule has 0 N–H and O–H groups in total. The quantitative estimate of drug-likeness (QED) is 0.784. The maximum Gasteiger partial charge on any atom is 0.252 e. The average molecular weight is 405 g/mol. The fourth-order valence-corrected chi connectivity index (χ4v) is 7.02. The van der Waals surface area contributed by atoms with Gasteiger partial charge in [-0.25, -0.2) is 8.42 Å². The Hall–Kier alpha value is -1.70. The number of carbonyl (C=O) groups is 1. The number of thiophene rings is 1. The first kappa shape index (κ1) is 18.7. The molecule has 0 aliphatic carbocycles. The summed E-state index contributed by atoms with van der Waals surface area (Å²) in [6.45, 7) is 3.24. The van der Waals surface area contributed by atoms with E-state index >= 15 is 0 Å². The molecule has 2 aliphatic heterocycles. The van der Waals surface area contributed by atoms with Gasteiger partial charge >= 0.3 is 0 Å². The zero-order valence-corrected chi connectivity index (χ0v) is 17.1. The van der Waals surface area contributed by atoms with Crippen molar-refractivity contribution in [2.24, 2.45) is 0 Å². The number of piperidine rings is 1. The van der Waals surface area contributed by atoms with Gasteiger partial charge in [-0.05, 0) is 49.9 Å². The van der Waals surface area contributed by atoms with E-state index in [4.69, 9.17) is 0 Å². The molecule has 1 aromatic carbocycles. The Morgan fingerprint density at radius 1 is 1.11 bits per heavy atom. The van der Waals surface area contributed by atoms with Gasteiger partial charge in [0.2, 0.25) is 5.91 Å². The summed E-state index contributed by atoms with van der Waals surface area (Å²) < 4.78 is 27.5. The lowest BCUT2D eigenvalue weighted by atomic mass is 10.1. The number of para-hydroxylation sites is 1. The third-order valence-electron chi connectivity index (χ3n) is 5.35. The summed E-state index contributed by atoms with van der Waals surface area (Å²) in [4.78, 5) is 15.6. The van der Waals surface area contributed by atoms with Gasteiger partial charge in [-0.15, -0.1) is 11.3 Å². The first-order valence-corrected chi connectivity index (χ1v) is 11.7. The Labute approximate surface area is 164 Å². The SMILES string of the molecule is CC1Cc2ccccc2N1C(=O)Cc1ccc(S(=O)(=O)N2CCCCC2)s1. The number of sulfonamides is 1. The van der Waals surface area contributed by atoms with E-state index < -0.39 is 10.0 Å². The number of benzene rings is 1. The number of hydrogen-bond acceptors (Lipinski definition) is 4. The predicted octanol–water partition coefficient (Wildman–Crippen LogP) is 3.44. The van der Waals surface area contributed by atoms with Gasteiger partial charge in [0.1, 0.15) is 4.21 Å². The Bertz CT molecular complexity index is 946. The summed E-state index contributed by atoms with van der Waals surface area (Å²) >= 11 is 1.23. The normalized spacial score (nSPS) is 20.6. The van der Waals surface area contributed by atoms with Gasteiger partial charge in [-0.3, -0.25) is 4.79 Å². The zero-order chi connectivity index (χ0) is 19.0. The first-order valence-electron chi connectivity index (χ1n) is 9.45. The molecule has 1 amide bonds. The summed E-state index contributed by atoms with van der Waals surface area (Å²) in [6, 6.07) is 11.6. The lowest BCUT2D eigenvalue weighted by molar-refractivity contribution is -0.118. The monoisotopic (exact) mass is 404 g/mol. The summed E-state index contributed by atoms with van der Waals surface area (Å²) in [6.07, 6.45) is 4.02. The molecule has 27 heavy (non-hydrogen) atoms. The van der Waals surface area contributed by atoms with Crippen LogP contribution in [0.4, 0.5) is 5.69 Å². The molecule has 1 fully saturated rings. The first-order chi connectivity index (χ1) is 13.0. The molecule has 0 saturated carbocycles. The van der Waals surface area contributed by atoms with E-state index in [0.717, 1.165) is 36.2 Å². The van der Waals surface area contributed by atoms with Crippen LogP contribution in [0.1, 0.15) is 36.6 Å². The molecular weight excluding hydrogens is 380 g/mol. The van der Waals surface area contributed by atoms with E-state index in [2.05, 4.69) is 13.0 Å². The van der Waals surface area contributed by atoms with Crippen LogP contribution in [0.3, 0.4) is 0 Å². The van der Waals surface area contributed by atoms with Crippen molar-refractivity contribution in [2.75, 3.05) is 18.0 Å². The van der Waals surface area contributed by atoms with E-state index in [-0.39, 0.29) is 18.4 Å². The van der Waals surface area contributed by atoms with Crippen LogP contribution in [0.5, 0.6) is 0 Å². The number of nitrogens with zero attached hydrogens (tertiary/aromatic N) is 2. The Balaban J connectivity index is 1.50. The van der Waals surface area contributed by atoms with Gasteiger partial charge in [0.15, 0.2) is 0 Å². The minimum Gasteiger partial charge on any atom is -0.309 e. The smallest absolute Gasteiger partial charge is 0.252 e. The lowest BCUT2D eigenvalue weighted by Gasteiger charge is -2.25. The number of anilines is 1. The molecule has 2 aliphatic rings. The van der Waals surface area contributed by atoms with Gasteiger partial charge in [0.05, 0.1) is 6.42 Å². The molecule has 1 atom stereocenters. The molecule has 4 rings (SSSR count). The van der Waals surface area contributed by atoms with Crippen LogP contribution in [0.25, 0.3) is 0 Å². The maximum atomic E-state index is 12.9. The van der Waals surface area contributed by atoms with Crippen molar-refractivity contribution in [3.63, 3.8) is 0 Å². The molecule has 2 aromatic rings. The van der Waals surface area contributed by atoms with E-state index in [1.807, 2.05) is 23.1 Å². The Morgan fingerprint density at radius 3 is 2.63 bits per heavy atom. The van der Waals surface area contributed by atoms with Crippen LogP contribution in [0.15, 0.2) is 40.6 Å². The van der Waals surface area contributed by atoms with E-state index in [1.54, 1.807) is 16.4 Å². The van der Waals surface area contributed by atoms with Crippen LogP contribution >= 0.6 is 11.3 Å². The van der Waals surface area contributed by atoms with Crippen molar-refractivity contribution in [1.29, 1.82) is 0 Å². The standard InChI is InChI=1S/C20H24N2O3S2/c1-15-13-16-7-3-4-8-18(16)22(15)19(23)14-17-9-10-20(26-17)27(24,25)21-11-5-2-6-12-21/h3-4,7-10,15H,2,5-6,11-14H2,1H3. The fourth-order valence-electron chi connectivity index (χ4n) is 4.00. The molecule has 0 spiro atoms. The van der Waals surface area contributed by atoms with Gasteiger partial charge in [-0.1, -0.05) is 24.6 Å². The molecule has 144 valence electrons. The number of rotatable bonds is 4. The Morgan fingerprint density at radius 2 is 1.85 bits per heavy atom. The van der Waals surface area contributed by atoms with Crippen molar-refractivity contribution < 1.29 is 13.2 Å². The van der Waals surface area contributed by atoms with Crippen LogP contribution < -0.4 is 4.90 Å². The van der Waals surface area contributed by atoms with Crippen molar-refractivity contribution in [2.45, 2.75) is 49.3 Å². The highest BCUT2D eigenvalue weighted by atomic mass is 32.2. The van der Waals surface area contributed by atoms with Crippen LogP contribution in [0.2, 0.25) is 0 Å².